The van der Waals surface area contributed by atoms with Gasteiger partial charge in [0.25, 0.3) is 0 Å². The molecule has 0 saturated carbocycles. The van der Waals surface area contributed by atoms with E-state index in [4.69, 9.17) is 0 Å². The summed E-state index contributed by atoms with van der Waals surface area (Å²) < 4.78 is 1.63. The lowest BCUT2D eigenvalue weighted by molar-refractivity contribution is -0.134. The highest BCUT2D eigenvalue weighted by atomic mass is 16.2. The molecule has 0 spiro atoms. The van der Waals surface area contributed by atoms with Crippen molar-refractivity contribution in [2.45, 2.75) is 26.8 Å². The van der Waals surface area contributed by atoms with Crippen molar-refractivity contribution in [1.82, 2.24) is 19.7 Å². The van der Waals surface area contributed by atoms with Crippen molar-refractivity contribution in [3.63, 3.8) is 0 Å². The number of rotatable bonds is 3. The Labute approximate surface area is 131 Å². The molecule has 2 heterocycles. The van der Waals surface area contributed by atoms with Crippen LogP contribution in [0.4, 0.5) is 0 Å². The third-order valence-electron chi connectivity index (χ3n) is 4.09. The van der Waals surface area contributed by atoms with E-state index < -0.39 is 0 Å². The largest absolute Gasteiger partial charge is 0.341 e. The number of benzene rings is 1. The van der Waals surface area contributed by atoms with Crippen LogP contribution in [0.3, 0.4) is 0 Å². The molecule has 5 nitrogen and oxygen atoms in total. The van der Waals surface area contributed by atoms with Gasteiger partial charge in [-0.2, -0.15) is 5.10 Å². The van der Waals surface area contributed by atoms with Crippen LogP contribution < -0.4 is 0 Å². The van der Waals surface area contributed by atoms with Gasteiger partial charge < -0.3 is 4.90 Å². The summed E-state index contributed by atoms with van der Waals surface area (Å²) in [5.74, 6) is 1.93. The Bertz CT molecular complexity index is 627. The lowest BCUT2D eigenvalue weighted by atomic mass is 9.92. The number of aromatic nitrogens is 3. The molecule has 1 amide bonds. The van der Waals surface area contributed by atoms with Gasteiger partial charge in [-0.05, 0) is 18.3 Å². The molecule has 2 aromatic rings. The fourth-order valence-corrected chi connectivity index (χ4v) is 3.20. The van der Waals surface area contributed by atoms with E-state index in [1.54, 1.807) is 11.0 Å². The Morgan fingerprint density at radius 3 is 2.55 bits per heavy atom. The highest BCUT2D eigenvalue weighted by Crippen LogP contribution is 2.21. The van der Waals surface area contributed by atoms with Crippen molar-refractivity contribution in [3.05, 3.63) is 36.7 Å². The van der Waals surface area contributed by atoms with Crippen molar-refractivity contribution in [3.8, 4) is 11.4 Å². The van der Waals surface area contributed by atoms with Crippen LogP contribution in [-0.4, -0.2) is 38.7 Å². The summed E-state index contributed by atoms with van der Waals surface area (Å²) in [4.78, 5) is 18.7. The summed E-state index contributed by atoms with van der Waals surface area (Å²) in [5, 5.41) is 4.41. The van der Waals surface area contributed by atoms with E-state index >= 15 is 0 Å². The standard InChI is InChI=1S/C17H22N4O/c1-13-8-14(2)10-20(9-13)16(22)11-21-12-18-17(19-21)15-6-4-3-5-7-15/h3-7,12-14H,8-11H2,1-2H3/t13-,14+. The highest BCUT2D eigenvalue weighted by Gasteiger charge is 2.25. The third kappa shape index (κ3) is 3.35. The second-order valence-corrected chi connectivity index (χ2v) is 6.38. The molecular formula is C17H22N4O. The van der Waals surface area contributed by atoms with Gasteiger partial charge in [0.1, 0.15) is 12.9 Å². The summed E-state index contributed by atoms with van der Waals surface area (Å²) >= 11 is 0. The van der Waals surface area contributed by atoms with Gasteiger partial charge in [0.05, 0.1) is 0 Å². The maximum Gasteiger partial charge on any atom is 0.244 e. The zero-order valence-electron chi connectivity index (χ0n) is 13.1. The topological polar surface area (TPSA) is 51.0 Å². The van der Waals surface area contributed by atoms with Gasteiger partial charge in [0.2, 0.25) is 5.91 Å². The van der Waals surface area contributed by atoms with Crippen LogP contribution in [0.25, 0.3) is 11.4 Å². The smallest absolute Gasteiger partial charge is 0.244 e. The number of amides is 1. The van der Waals surface area contributed by atoms with Gasteiger partial charge in [-0.25, -0.2) is 9.67 Å². The number of nitrogens with zero attached hydrogens (tertiary/aromatic N) is 4. The fourth-order valence-electron chi connectivity index (χ4n) is 3.20. The minimum Gasteiger partial charge on any atom is -0.341 e. The molecule has 0 radical (unpaired) electrons. The average molecular weight is 298 g/mol. The molecule has 1 aromatic heterocycles. The Morgan fingerprint density at radius 2 is 1.86 bits per heavy atom. The van der Waals surface area contributed by atoms with E-state index in [0.717, 1.165) is 18.7 Å². The molecular weight excluding hydrogens is 276 g/mol. The van der Waals surface area contributed by atoms with Crippen LogP contribution in [0.5, 0.6) is 0 Å². The minimum absolute atomic E-state index is 0.128. The predicted molar refractivity (Wildman–Crippen MR) is 85.0 cm³/mol. The van der Waals surface area contributed by atoms with Crippen LogP contribution in [0.1, 0.15) is 20.3 Å². The Balaban J connectivity index is 1.66. The van der Waals surface area contributed by atoms with E-state index in [-0.39, 0.29) is 12.5 Å². The van der Waals surface area contributed by atoms with Crippen LogP contribution >= 0.6 is 0 Å². The molecule has 1 saturated heterocycles. The molecule has 1 aromatic carbocycles. The van der Waals surface area contributed by atoms with Crippen molar-refractivity contribution in [2.75, 3.05) is 13.1 Å². The summed E-state index contributed by atoms with van der Waals surface area (Å²) in [5.41, 5.74) is 0.967. The summed E-state index contributed by atoms with van der Waals surface area (Å²) in [7, 11) is 0. The maximum atomic E-state index is 12.4. The first kappa shape index (κ1) is 14.8. The van der Waals surface area contributed by atoms with Crippen LogP contribution in [-0.2, 0) is 11.3 Å². The second-order valence-electron chi connectivity index (χ2n) is 6.38. The predicted octanol–water partition coefficient (Wildman–Crippen LogP) is 2.45. The first-order valence-electron chi connectivity index (χ1n) is 7.84. The molecule has 1 aliphatic heterocycles. The highest BCUT2D eigenvalue weighted by molar-refractivity contribution is 5.76. The molecule has 2 atom stereocenters. The second kappa shape index (κ2) is 6.30. The molecule has 0 bridgehead atoms. The molecule has 0 N–H and O–H groups in total. The maximum absolute atomic E-state index is 12.4. The first-order chi connectivity index (χ1) is 10.6. The van der Waals surface area contributed by atoms with E-state index in [0.29, 0.717) is 17.7 Å². The number of carbonyl (C=O) groups excluding carboxylic acids is 1. The van der Waals surface area contributed by atoms with Gasteiger partial charge in [-0.3, -0.25) is 4.79 Å². The molecule has 5 heteroatoms. The van der Waals surface area contributed by atoms with Gasteiger partial charge >= 0.3 is 0 Å². The fraction of sp³-hybridized carbons (Fsp3) is 0.471. The SMILES string of the molecule is C[C@@H]1C[C@H](C)CN(C(=O)Cn2cnc(-c3ccccc3)n2)C1. The van der Waals surface area contributed by atoms with Crippen molar-refractivity contribution in [2.24, 2.45) is 11.8 Å². The van der Waals surface area contributed by atoms with Crippen LogP contribution in [0.15, 0.2) is 36.7 Å². The molecule has 1 aliphatic rings. The number of piperidine rings is 1. The molecule has 0 aliphatic carbocycles. The number of hydrogen-bond acceptors (Lipinski definition) is 3. The van der Waals surface area contributed by atoms with Gasteiger partial charge in [0.15, 0.2) is 5.82 Å². The molecule has 1 fully saturated rings. The Morgan fingerprint density at radius 1 is 1.18 bits per heavy atom. The quantitative estimate of drug-likeness (QED) is 0.874. The zero-order chi connectivity index (χ0) is 15.5. The van der Waals surface area contributed by atoms with Gasteiger partial charge in [-0.15, -0.1) is 0 Å². The first-order valence-corrected chi connectivity index (χ1v) is 7.84. The molecule has 0 unspecified atom stereocenters. The zero-order valence-corrected chi connectivity index (χ0v) is 13.1. The van der Waals surface area contributed by atoms with Crippen molar-refractivity contribution in [1.29, 1.82) is 0 Å². The number of carbonyl (C=O) groups is 1. The third-order valence-corrected chi connectivity index (χ3v) is 4.09. The van der Waals surface area contributed by atoms with Gasteiger partial charge in [0, 0.05) is 18.7 Å². The van der Waals surface area contributed by atoms with E-state index in [9.17, 15) is 4.79 Å². The van der Waals surface area contributed by atoms with Crippen molar-refractivity contribution >= 4 is 5.91 Å². The minimum atomic E-state index is 0.128. The lowest BCUT2D eigenvalue weighted by Crippen LogP contribution is -2.44. The summed E-state index contributed by atoms with van der Waals surface area (Å²) in [6, 6.07) is 9.81. The van der Waals surface area contributed by atoms with E-state index in [1.165, 1.54) is 6.42 Å². The van der Waals surface area contributed by atoms with Gasteiger partial charge in [-0.1, -0.05) is 44.2 Å². The monoisotopic (exact) mass is 298 g/mol. The van der Waals surface area contributed by atoms with Crippen LogP contribution in [0, 0.1) is 11.8 Å². The summed E-state index contributed by atoms with van der Waals surface area (Å²) in [6.45, 7) is 6.38. The summed E-state index contributed by atoms with van der Waals surface area (Å²) in [6.07, 6.45) is 2.84. The van der Waals surface area contributed by atoms with Crippen LogP contribution in [0.2, 0.25) is 0 Å². The molecule has 116 valence electrons. The average Bonchev–Trinajstić information content (AvgIpc) is 2.95. The van der Waals surface area contributed by atoms with E-state index in [1.807, 2.05) is 35.2 Å². The normalized spacial score (nSPS) is 21.8. The Kier molecular flexibility index (Phi) is 4.22. The van der Waals surface area contributed by atoms with Crippen molar-refractivity contribution < 1.29 is 4.79 Å². The Hall–Kier alpha value is -2.17. The van der Waals surface area contributed by atoms with E-state index in [2.05, 4.69) is 23.9 Å². The molecule has 3 rings (SSSR count). The number of hydrogen-bond donors (Lipinski definition) is 0. The number of likely N-dealkylation sites (tertiary alicyclic amines) is 1. The molecule has 22 heavy (non-hydrogen) atoms. The lowest BCUT2D eigenvalue weighted by Gasteiger charge is -2.34.